The Morgan fingerprint density at radius 2 is 1.44 bits per heavy atom. The van der Waals surface area contributed by atoms with Gasteiger partial charge in [-0.05, 0) is 76.6 Å². The van der Waals surface area contributed by atoms with Crippen molar-refractivity contribution >= 4 is 27.5 Å². The Kier molecular flexibility index (Phi) is 10.7. The summed E-state index contributed by atoms with van der Waals surface area (Å²) < 4.78 is 45.4. The van der Waals surface area contributed by atoms with Crippen molar-refractivity contribution in [2.24, 2.45) is 0 Å². The summed E-state index contributed by atoms with van der Waals surface area (Å²) in [5.41, 5.74) is 1.18. The second-order valence-corrected chi connectivity index (χ2v) is 13.0. The van der Waals surface area contributed by atoms with E-state index in [1.54, 1.807) is 62.6 Å². The van der Waals surface area contributed by atoms with Crippen molar-refractivity contribution in [1.82, 2.24) is 10.2 Å². The Labute approximate surface area is 254 Å². The van der Waals surface area contributed by atoms with E-state index in [2.05, 4.69) is 5.32 Å². The third-order valence-electron chi connectivity index (χ3n) is 6.72. The molecule has 0 unspecified atom stereocenters. The summed E-state index contributed by atoms with van der Waals surface area (Å²) in [6.45, 7) is 8.45. The smallest absolute Gasteiger partial charge is 0.264 e. The summed E-state index contributed by atoms with van der Waals surface area (Å²) in [6.07, 6.45) is 0. The van der Waals surface area contributed by atoms with Crippen LogP contribution in [0.4, 0.5) is 5.69 Å². The van der Waals surface area contributed by atoms with Crippen LogP contribution >= 0.6 is 0 Å². The quantitative estimate of drug-likeness (QED) is 0.320. The van der Waals surface area contributed by atoms with Crippen molar-refractivity contribution < 1.29 is 32.2 Å². The van der Waals surface area contributed by atoms with Gasteiger partial charge in [0.15, 0.2) is 0 Å². The first-order valence-corrected chi connectivity index (χ1v) is 15.2. The van der Waals surface area contributed by atoms with E-state index in [0.717, 1.165) is 15.4 Å². The fraction of sp³-hybridized carbons (Fsp3) is 0.375. The first kappa shape index (κ1) is 33.3. The molecular formula is C32H41N3O7S. The molecule has 232 valence electrons. The minimum absolute atomic E-state index is 0.00370. The third-order valence-corrected chi connectivity index (χ3v) is 8.49. The number of amides is 2. The van der Waals surface area contributed by atoms with Gasteiger partial charge in [0, 0.05) is 18.2 Å². The SMILES string of the molecule is COc1ccc(CN(C(=O)CN(c2cc(OC)ccc2OC)S(=O)(=O)c2ccc(C)cc2)[C@H](C)C(=O)NC(C)(C)C)cc1. The van der Waals surface area contributed by atoms with Crippen LogP contribution < -0.4 is 23.8 Å². The van der Waals surface area contributed by atoms with Crippen LogP contribution in [0.2, 0.25) is 0 Å². The molecule has 3 aromatic rings. The minimum atomic E-state index is -4.28. The van der Waals surface area contributed by atoms with Gasteiger partial charge in [-0.3, -0.25) is 13.9 Å². The van der Waals surface area contributed by atoms with E-state index in [9.17, 15) is 18.0 Å². The van der Waals surface area contributed by atoms with E-state index in [4.69, 9.17) is 14.2 Å². The molecule has 0 heterocycles. The maximum Gasteiger partial charge on any atom is 0.264 e. The average Bonchev–Trinajstić information content (AvgIpc) is 2.97. The molecular weight excluding hydrogens is 570 g/mol. The minimum Gasteiger partial charge on any atom is -0.497 e. The van der Waals surface area contributed by atoms with Crippen LogP contribution in [0.3, 0.4) is 0 Å². The van der Waals surface area contributed by atoms with Gasteiger partial charge in [0.05, 0.1) is 31.9 Å². The van der Waals surface area contributed by atoms with Crippen LogP contribution in [0.15, 0.2) is 71.6 Å². The van der Waals surface area contributed by atoms with Gasteiger partial charge in [-0.25, -0.2) is 8.42 Å². The lowest BCUT2D eigenvalue weighted by Crippen LogP contribution is -2.54. The molecule has 3 aromatic carbocycles. The molecule has 2 amide bonds. The number of aryl methyl sites for hydroxylation is 1. The van der Waals surface area contributed by atoms with Crippen LogP contribution in [0.1, 0.15) is 38.8 Å². The molecule has 1 N–H and O–H groups in total. The predicted octanol–water partition coefficient (Wildman–Crippen LogP) is 4.55. The standard InChI is InChI=1S/C32H41N3O7S/c1-22-9-16-27(17-10-22)43(38,39)35(28-19-26(41-7)15-18-29(28)42-8)21-30(36)34(23(2)31(37)33-32(3,4)5)20-24-11-13-25(40-6)14-12-24/h9-19,23H,20-21H2,1-8H3,(H,33,37)/t23-/m1/s1. The monoisotopic (exact) mass is 611 g/mol. The maximum atomic E-state index is 14.2. The molecule has 0 bridgehead atoms. The van der Waals surface area contributed by atoms with Crippen molar-refractivity contribution in [1.29, 1.82) is 0 Å². The molecule has 0 saturated heterocycles. The normalized spacial score (nSPS) is 12.2. The molecule has 0 aliphatic carbocycles. The number of methoxy groups -OCH3 is 3. The molecule has 0 aliphatic rings. The van der Waals surface area contributed by atoms with Crippen LogP contribution in [-0.4, -0.2) is 64.6 Å². The predicted molar refractivity (Wildman–Crippen MR) is 166 cm³/mol. The van der Waals surface area contributed by atoms with Crippen molar-refractivity contribution in [2.75, 3.05) is 32.2 Å². The number of nitrogens with one attached hydrogen (secondary N) is 1. The van der Waals surface area contributed by atoms with Crippen molar-refractivity contribution in [3.05, 3.63) is 77.9 Å². The molecule has 43 heavy (non-hydrogen) atoms. The molecule has 10 nitrogen and oxygen atoms in total. The van der Waals surface area contributed by atoms with Gasteiger partial charge >= 0.3 is 0 Å². The molecule has 0 fully saturated rings. The van der Waals surface area contributed by atoms with Crippen molar-refractivity contribution in [2.45, 2.75) is 57.6 Å². The largest absolute Gasteiger partial charge is 0.497 e. The Hall–Kier alpha value is -4.25. The van der Waals surface area contributed by atoms with E-state index in [1.807, 2.05) is 27.7 Å². The number of benzene rings is 3. The summed E-state index contributed by atoms with van der Waals surface area (Å²) in [6, 6.07) is 17.2. The molecule has 11 heteroatoms. The number of sulfonamides is 1. The van der Waals surface area contributed by atoms with Gasteiger partial charge in [-0.1, -0.05) is 29.8 Å². The highest BCUT2D eigenvalue weighted by Crippen LogP contribution is 2.36. The van der Waals surface area contributed by atoms with Gasteiger partial charge in [0.1, 0.15) is 29.8 Å². The van der Waals surface area contributed by atoms with Crippen molar-refractivity contribution in [3.8, 4) is 17.2 Å². The lowest BCUT2D eigenvalue weighted by molar-refractivity contribution is -0.140. The summed E-state index contributed by atoms with van der Waals surface area (Å²) in [5.74, 6) is 0.278. The number of ether oxygens (including phenoxy) is 3. The van der Waals surface area contributed by atoms with Crippen LogP contribution in [0.5, 0.6) is 17.2 Å². The Morgan fingerprint density at radius 1 is 0.860 bits per heavy atom. The van der Waals surface area contributed by atoms with Gasteiger partial charge in [-0.15, -0.1) is 0 Å². The van der Waals surface area contributed by atoms with Gasteiger partial charge in [0.25, 0.3) is 10.0 Å². The number of carbonyl (C=O) groups is 2. The Bertz CT molecular complexity index is 1520. The highest BCUT2D eigenvalue weighted by Gasteiger charge is 2.34. The molecule has 0 radical (unpaired) electrons. The van der Waals surface area contributed by atoms with E-state index >= 15 is 0 Å². The summed E-state index contributed by atoms with van der Waals surface area (Å²) in [4.78, 5) is 28.9. The number of carbonyl (C=O) groups excluding carboxylic acids is 2. The average molecular weight is 612 g/mol. The Morgan fingerprint density at radius 3 is 1.98 bits per heavy atom. The van der Waals surface area contributed by atoms with Crippen LogP contribution in [0, 0.1) is 6.92 Å². The highest BCUT2D eigenvalue weighted by atomic mass is 32.2. The zero-order valence-electron chi connectivity index (χ0n) is 26.0. The third kappa shape index (κ3) is 8.41. The van der Waals surface area contributed by atoms with Gasteiger partial charge < -0.3 is 24.4 Å². The number of hydrogen-bond acceptors (Lipinski definition) is 7. The summed E-state index contributed by atoms with van der Waals surface area (Å²) in [7, 11) is 0.150. The van der Waals surface area contributed by atoms with E-state index in [0.29, 0.717) is 11.5 Å². The van der Waals surface area contributed by atoms with Crippen LogP contribution in [-0.2, 0) is 26.2 Å². The summed E-state index contributed by atoms with van der Waals surface area (Å²) in [5, 5.41) is 2.92. The zero-order valence-corrected chi connectivity index (χ0v) is 26.8. The van der Waals surface area contributed by atoms with Gasteiger partial charge in [-0.2, -0.15) is 0 Å². The lowest BCUT2D eigenvalue weighted by Gasteiger charge is -2.33. The number of rotatable bonds is 12. The zero-order chi connectivity index (χ0) is 31.9. The van der Waals surface area contributed by atoms with Crippen LogP contribution in [0.25, 0.3) is 0 Å². The maximum absolute atomic E-state index is 14.2. The highest BCUT2D eigenvalue weighted by molar-refractivity contribution is 7.92. The van der Waals surface area contributed by atoms with E-state index in [-0.39, 0.29) is 28.8 Å². The second-order valence-electron chi connectivity index (χ2n) is 11.1. The van der Waals surface area contributed by atoms with Crippen molar-refractivity contribution in [3.63, 3.8) is 0 Å². The van der Waals surface area contributed by atoms with E-state index < -0.39 is 34.1 Å². The second kappa shape index (κ2) is 13.8. The Balaban J connectivity index is 2.12. The molecule has 0 spiro atoms. The molecule has 0 aromatic heterocycles. The molecule has 1 atom stereocenters. The topological polar surface area (TPSA) is 114 Å². The fourth-order valence-corrected chi connectivity index (χ4v) is 5.74. The van der Waals surface area contributed by atoms with E-state index in [1.165, 1.54) is 37.3 Å². The molecule has 3 rings (SSSR count). The number of hydrogen-bond donors (Lipinski definition) is 1. The first-order valence-electron chi connectivity index (χ1n) is 13.8. The first-order chi connectivity index (χ1) is 20.2. The van der Waals surface area contributed by atoms with Gasteiger partial charge in [0.2, 0.25) is 11.8 Å². The lowest BCUT2D eigenvalue weighted by atomic mass is 10.1. The number of nitrogens with zero attached hydrogens (tertiary/aromatic N) is 2. The summed E-state index contributed by atoms with van der Waals surface area (Å²) >= 11 is 0. The fourth-order valence-electron chi connectivity index (χ4n) is 4.33. The number of anilines is 1. The molecule has 0 saturated carbocycles. The molecule has 0 aliphatic heterocycles.